The zero-order valence-corrected chi connectivity index (χ0v) is 13.6. The van der Waals surface area contributed by atoms with Crippen molar-refractivity contribution >= 4 is 21.7 Å². The van der Waals surface area contributed by atoms with E-state index in [0.717, 1.165) is 12.7 Å². The number of hydrogen-bond acceptors (Lipinski definition) is 4. The topological polar surface area (TPSA) is 101 Å². The minimum atomic E-state index is -3.37. The van der Waals surface area contributed by atoms with Gasteiger partial charge in [0.25, 0.3) is 5.91 Å². The van der Waals surface area contributed by atoms with Crippen molar-refractivity contribution in [1.82, 2.24) is 5.32 Å². The summed E-state index contributed by atoms with van der Waals surface area (Å²) in [5.41, 5.74) is 0.907. The van der Waals surface area contributed by atoms with Gasteiger partial charge in [0.1, 0.15) is 0 Å². The van der Waals surface area contributed by atoms with Crippen molar-refractivity contribution in [2.24, 2.45) is 0 Å². The molecule has 0 aliphatic rings. The number of aliphatic carboxylic acids is 1. The molecule has 0 aromatic heterocycles. The summed E-state index contributed by atoms with van der Waals surface area (Å²) < 4.78 is 23.3. The molecular formula is C15H21NO5S. The number of benzene rings is 1. The maximum atomic E-state index is 12.0. The Morgan fingerprint density at radius 3 is 2.45 bits per heavy atom. The molecule has 0 bridgehead atoms. The Morgan fingerprint density at radius 2 is 1.86 bits per heavy atom. The highest BCUT2D eigenvalue weighted by molar-refractivity contribution is 7.90. The van der Waals surface area contributed by atoms with Crippen LogP contribution in [0.15, 0.2) is 23.1 Å². The number of amides is 1. The highest BCUT2D eigenvalue weighted by atomic mass is 32.2. The fraction of sp³-hybridized carbons (Fsp3) is 0.467. The second kappa shape index (κ2) is 7.93. The standard InChI is InChI=1S/C15H21NO5S/c1-11-7-8-12(10-13(11)22(2,20)21)15(19)16-9-5-3-4-6-14(17)18/h7-8,10H,3-6,9H2,1-2H3,(H,16,19)(H,17,18). The monoisotopic (exact) mass is 327 g/mol. The molecule has 6 nitrogen and oxygen atoms in total. The molecule has 0 heterocycles. The van der Waals surface area contributed by atoms with Crippen LogP contribution in [-0.2, 0) is 14.6 Å². The molecule has 1 amide bonds. The van der Waals surface area contributed by atoms with Gasteiger partial charge in [-0.15, -0.1) is 0 Å². The molecule has 0 saturated carbocycles. The van der Waals surface area contributed by atoms with Crippen LogP contribution in [-0.4, -0.2) is 38.2 Å². The number of sulfone groups is 1. The minimum absolute atomic E-state index is 0.129. The average Bonchev–Trinajstić information content (AvgIpc) is 2.41. The van der Waals surface area contributed by atoms with Crippen LogP contribution >= 0.6 is 0 Å². The molecule has 2 N–H and O–H groups in total. The first-order valence-electron chi connectivity index (χ1n) is 7.02. The van der Waals surface area contributed by atoms with E-state index in [1.807, 2.05) is 0 Å². The third-order valence-corrected chi connectivity index (χ3v) is 4.44. The number of carboxylic acids is 1. The van der Waals surface area contributed by atoms with Crippen molar-refractivity contribution in [2.75, 3.05) is 12.8 Å². The third kappa shape index (κ3) is 5.85. The first-order chi connectivity index (χ1) is 10.2. The zero-order chi connectivity index (χ0) is 16.8. The van der Waals surface area contributed by atoms with Crippen molar-refractivity contribution in [3.63, 3.8) is 0 Å². The predicted molar refractivity (Wildman–Crippen MR) is 82.7 cm³/mol. The molecule has 0 unspecified atom stereocenters. The van der Waals surface area contributed by atoms with Crippen LogP contribution in [0, 0.1) is 6.92 Å². The van der Waals surface area contributed by atoms with E-state index >= 15 is 0 Å². The number of carbonyl (C=O) groups is 2. The molecule has 0 atom stereocenters. The summed E-state index contributed by atoms with van der Waals surface area (Å²) >= 11 is 0. The molecule has 0 aliphatic carbocycles. The Hall–Kier alpha value is -1.89. The van der Waals surface area contributed by atoms with Crippen LogP contribution < -0.4 is 5.32 Å². The number of carboxylic acid groups (broad SMARTS) is 1. The van der Waals surface area contributed by atoms with E-state index in [1.54, 1.807) is 19.1 Å². The summed E-state index contributed by atoms with van der Waals surface area (Å²) in [5, 5.41) is 11.2. The summed E-state index contributed by atoms with van der Waals surface area (Å²) in [6.45, 7) is 2.11. The molecule has 0 radical (unpaired) electrons. The van der Waals surface area contributed by atoms with Crippen LogP contribution in [0.25, 0.3) is 0 Å². The Labute approximate surface area is 130 Å². The summed E-state index contributed by atoms with van der Waals surface area (Å²) in [6.07, 6.45) is 3.22. The first kappa shape index (κ1) is 18.2. The predicted octanol–water partition coefficient (Wildman–Crippen LogP) is 1.77. The van der Waals surface area contributed by atoms with E-state index in [0.29, 0.717) is 30.5 Å². The zero-order valence-electron chi connectivity index (χ0n) is 12.8. The second-order valence-electron chi connectivity index (χ2n) is 5.21. The summed E-state index contributed by atoms with van der Waals surface area (Å²) in [6, 6.07) is 4.58. The summed E-state index contributed by atoms with van der Waals surface area (Å²) in [5.74, 6) is -1.15. The van der Waals surface area contributed by atoms with Crippen molar-refractivity contribution in [1.29, 1.82) is 0 Å². The number of rotatable bonds is 8. The van der Waals surface area contributed by atoms with Gasteiger partial charge in [0.05, 0.1) is 4.90 Å². The SMILES string of the molecule is Cc1ccc(C(=O)NCCCCCC(=O)O)cc1S(C)(=O)=O. The third-order valence-electron chi connectivity index (χ3n) is 3.20. The fourth-order valence-corrected chi connectivity index (χ4v) is 3.02. The molecular weight excluding hydrogens is 306 g/mol. The lowest BCUT2D eigenvalue weighted by molar-refractivity contribution is -0.137. The van der Waals surface area contributed by atoms with E-state index in [4.69, 9.17) is 5.11 Å². The van der Waals surface area contributed by atoms with Crippen LogP contribution in [0.3, 0.4) is 0 Å². The molecule has 7 heteroatoms. The molecule has 22 heavy (non-hydrogen) atoms. The van der Waals surface area contributed by atoms with Gasteiger partial charge in [-0.3, -0.25) is 9.59 Å². The largest absolute Gasteiger partial charge is 0.481 e. The van der Waals surface area contributed by atoms with Gasteiger partial charge < -0.3 is 10.4 Å². The number of hydrogen-bond donors (Lipinski definition) is 2. The summed E-state index contributed by atoms with van der Waals surface area (Å²) in [7, 11) is -3.37. The van der Waals surface area contributed by atoms with Gasteiger partial charge >= 0.3 is 5.97 Å². The molecule has 0 fully saturated rings. The smallest absolute Gasteiger partial charge is 0.303 e. The Morgan fingerprint density at radius 1 is 1.18 bits per heavy atom. The molecule has 122 valence electrons. The quantitative estimate of drug-likeness (QED) is 0.709. The van der Waals surface area contributed by atoms with E-state index in [9.17, 15) is 18.0 Å². The highest BCUT2D eigenvalue weighted by Crippen LogP contribution is 2.17. The molecule has 0 saturated heterocycles. The van der Waals surface area contributed by atoms with Gasteiger partial charge in [-0.2, -0.15) is 0 Å². The Kier molecular flexibility index (Phi) is 6.55. The fourth-order valence-electron chi connectivity index (χ4n) is 2.02. The van der Waals surface area contributed by atoms with Crippen molar-refractivity contribution in [3.8, 4) is 0 Å². The number of unbranched alkanes of at least 4 members (excludes halogenated alkanes) is 2. The average molecular weight is 327 g/mol. The van der Waals surface area contributed by atoms with Crippen LogP contribution in [0.4, 0.5) is 0 Å². The molecule has 1 aromatic rings. The van der Waals surface area contributed by atoms with Crippen LogP contribution in [0.1, 0.15) is 41.6 Å². The Balaban J connectivity index is 2.55. The molecule has 0 aliphatic heterocycles. The number of nitrogens with one attached hydrogen (secondary N) is 1. The van der Waals surface area contributed by atoms with Crippen molar-refractivity contribution < 1.29 is 23.1 Å². The number of aryl methyl sites for hydroxylation is 1. The van der Waals surface area contributed by atoms with Gasteiger partial charge in [0.2, 0.25) is 0 Å². The van der Waals surface area contributed by atoms with E-state index in [-0.39, 0.29) is 17.2 Å². The van der Waals surface area contributed by atoms with Crippen LogP contribution in [0.2, 0.25) is 0 Å². The highest BCUT2D eigenvalue weighted by Gasteiger charge is 2.14. The second-order valence-corrected chi connectivity index (χ2v) is 7.20. The van der Waals surface area contributed by atoms with Gasteiger partial charge in [-0.05, 0) is 37.5 Å². The van der Waals surface area contributed by atoms with Gasteiger partial charge in [-0.25, -0.2) is 8.42 Å². The first-order valence-corrected chi connectivity index (χ1v) is 8.91. The van der Waals surface area contributed by atoms with Gasteiger partial charge in [-0.1, -0.05) is 12.5 Å². The lowest BCUT2D eigenvalue weighted by Gasteiger charge is -2.08. The molecule has 0 spiro atoms. The van der Waals surface area contributed by atoms with Gasteiger partial charge in [0.15, 0.2) is 9.84 Å². The van der Waals surface area contributed by atoms with Crippen molar-refractivity contribution in [3.05, 3.63) is 29.3 Å². The van der Waals surface area contributed by atoms with E-state index < -0.39 is 15.8 Å². The molecule has 1 aromatic carbocycles. The van der Waals surface area contributed by atoms with Gasteiger partial charge in [0, 0.05) is 24.8 Å². The maximum Gasteiger partial charge on any atom is 0.303 e. The summed E-state index contributed by atoms with van der Waals surface area (Å²) in [4.78, 5) is 22.5. The maximum absolute atomic E-state index is 12.0. The van der Waals surface area contributed by atoms with Crippen molar-refractivity contribution in [2.45, 2.75) is 37.5 Å². The normalized spacial score (nSPS) is 11.2. The van der Waals surface area contributed by atoms with Crippen LogP contribution in [0.5, 0.6) is 0 Å². The molecule has 1 rings (SSSR count). The van der Waals surface area contributed by atoms with E-state index in [1.165, 1.54) is 6.07 Å². The lowest BCUT2D eigenvalue weighted by Crippen LogP contribution is -2.24. The van der Waals surface area contributed by atoms with E-state index in [2.05, 4.69) is 5.32 Å². The Bertz CT molecular complexity index is 652. The minimum Gasteiger partial charge on any atom is -0.481 e. The lowest BCUT2D eigenvalue weighted by atomic mass is 10.1. The number of carbonyl (C=O) groups excluding carboxylic acids is 1.